The number of benzene rings is 8. The molecule has 0 heterocycles. The molecular formula is C54H47N. The summed E-state index contributed by atoms with van der Waals surface area (Å²) in [5.41, 5.74) is 17.4. The van der Waals surface area contributed by atoms with Crippen LogP contribution in [0.15, 0.2) is 164 Å². The van der Waals surface area contributed by atoms with Crippen LogP contribution >= 0.6 is 0 Å². The molecule has 0 unspecified atom stereocenters. The second kappa shape index (κ2) is 12.8. The first kappa shape index (κ1) is 33.6. The molecule has 0 N–H and O–H groups in total. The zero-order chi connectivity index (χ0) is 37.3. The minimum absolute atomic E-state index is 0.000913. The number of hydrogen-bond donors (Lipinski definition) is 0. The molecule has 268 valence electrons. The van der Waals surface area contributed by atoms with E-state index in [1.54, 1.807) is 0 Å². The van der Waals surface area contributed by atoms with Crippen LogP contribution in [0.25, 0.3) is 54.9 Å². The minimum Gasteiger partial charge on any atom is -0.310 e. The van der Waals surface area contributed by atoms with Gasteiger partial charge in [-0.1, -0.05) is 143 Å². The van der Waals surface area contributed by atoms with E-state index in [-0.39, 0.29) is 10.8 Å². The van der Waals surface area contributed by atoms with Crippen LogP contribution in [0.5, 0.6) is 0 Å². The molecule has 0 radical (unpaired) electrons. The van der Waals surface area contributed by atoms with Crippen molar-refractivity contribution >= 4 is 38.6 Å². The molecule has 0 aromatic heterocycles. The van der Waals surface area contributed by atoms with Crippen LogP contribution in [-0.2, 0) is 10.8 Å². The fraction of sp³-hybridized carbons (Fsp3) is 0.185. The fourth-order valence-corrected chi connectivity index (χ4v) is 10.6. The molecule has 8 aromatic rings. The van der Waals surface area contributed by atoms with Crippen LogP contribution in [0.2, 0.25) is 0 Å². The largest absolute Gasteiger partial charge is 0.310 e. The lowest BCUT2D eigenvalue weighted by Crippen LogP contribution is -2.23. The highest BCUT2D eigenvalue weighted by atomic mass is 15.1. The third-order valence-corrected chi connectivity index (χ3v) is 13.6. The summed E-state index contributed by atoms with van der Waals surface area (Å²) in [6.07, 6.45) is 4.31. The quantitative estimate of drug-likeness (QED) is 0.152. The molecule has 1 nitrogen and oxygen atoms in total. The Bertz CT molecular complexity index is 2750. The van der Waals surface area contributed by atoms with E-state index in [1.165, 1.54) is 88.6 Å². The maximum atomic E-state index is 2.49. The van der Waals surface area contributed by atoms with Crippen molar-refractivity contribution in [3.63, 3.8) is 0 Å². The number of hydrogen-bond acceptors (Lipinski definition) is 1. The summed E-state index contributed by atoms with van der Waals surface area (Å²) < 4.78 is 0. The van der Waals surface area contributed by atoms with Crippen molar-refractivity contribution < 1.29 is 0 Å². The predicted molar refractivity (Wildman–Crippen MR) is 235 cm³/mol. The monoisotopic (exact) mass is 709 g/mol. The van der Waals surface area contributed by atoms with Crippen LogP contribution < -0.4 is 4.90 Å². The predicted octanol–water partition coefficient (Wildman–Crippen LogP) is 15.3. The van der Waals surface area contributed by atoms with Gasteiger partial charge in [0.1, 0.15) is 0 Å². The van der Waals surface area contributed by atoms with Crippen molar-refractivity contribution in [3.05, 3.63) is 186 Å². The lowest BCUT2D eigenvalue weighted by atomic mass is 9.73. The molecule has 0 aliphatic heterocycles. The van der Waals surface area contributed by atoms with Gasteiger partial charge in [0, 0.05) is 27.9 Å². The van der Waals surface area contributed by atoms with Crippen molar-refractivity contribution in [1.29, 1.82) is 0 Å². The molecular weight excluding hydrogens is 663 g/mol. The van der Waals surface area contributed by atoms with E-state index < -0.39 is 0 Å². The zero-order valence-corrected chi connectivity index (χ0v) is 32.4. The first-order chi connectivity index (χ1) is 27.0. The molecule has 10 rings (SSSR count). The van der Waals surface area contributed by atoms with Gasteiger partial charge in [-0.2, -0.15) is 0 Å². The molecule has 0 spiro atoms. The van der Waals surface area contributed by atoms with Gasteiger partial charge < -0.3 is 4.90 Å². The topological polar surface area (TPSA) is 3.24 Å². The average molecular weight is 710 g/mol. The van der Waals surface area contributed by atoms with E-state index in [9.17, 15) is 0 Å². The molecule has 0 atom stereocenters. The Hall–Kier alpha value is -5.92. The second-order valence-electron chi connectivity index (χ2n) is 15.7. The summed E-state index contributed by atoms with van der Waals surface area (Å²) in [4.78, 5) is 2.49. The van der Waals surface area contributed by atoms with Crippen LogP contribution in [0, 0.1) is 0 Å². The molecule has 0 amide bonds. The summed E-state index contributed by atoms with van der Waals surface area (Å²) >= 11 is 0. The summed E-state index contributed by atoms with van der Waals surface area (Å²) in [6, 6.07) is 62.0. The summed E-state index contributed by atoms with van der Waals surface area (Å²) in [5, 5.41) is 5.17. The maximum absolute atomic E-state index is 2.49. The van der Waals surface area contributed by atoms with E-state index >= 15 is 0 Å². The van der Waals surface area contributed by atoms with Crippen molar-refractivity contribution in [2.24, 2.45) is 0 Å². The highest BCUT2D eigenvalue weighted by molar-refractivity contribution is 5.98. The number of fused-ring (bicyclic) bond motifs is 8. The average Bonchev–Trinajstić information content (AvgIpc) is 3.69. The van der Waals surface area contributed by atoms with Crippen LogP contribution in [0.3, 0.4) is 0 Å². The standard InChI is InChI=1S/C54H47N/c1-5-53(6-2)49-23-14-13-21-45(49)47-34-41(28-30-50(47)53)55(40-26-24-37(25-27-40)44-22-15-19-36-16-11-12-20-43(36)44)42-29-31-51-48(35-42)46-32-38-17-9-10-18-39(38)33-52(46)54(51,7-3)8-4/h9-35H,5-8H2,1-4H3. The number of nitrogens with zero attached hydrogens (tertiary/aromatic N) is 1. The second-order valence-corrected chi connectivity index (χ2v) is 15.7. The Kier molecular flexibility index (Phi) is 7.86. The van der Waals surface area contributed by atoms with Gasteiger partial charge in [0.05, 0.1) is 0 Å². The Labute approximate surface area is 325 Å². The zero-order valence-electron chi connectivity index (χ0n) is 32.4. The number of anilines is 3. The molecule has 2 aliphatic rings. The summed E-state index contributed by atoms with van der Waals surface area (Å²) in [6.45, 7) is 9.44. The van der Waals surface area contributed by atoms with E-state index in [2.05, 4.69) is 196 Å². The SMILES string of the molecule is CCC1(CC)c2ccccc2-c2cc(N(c3ccc(-c4cccc5ccccc45)cc3)c3ccc4c(c3)-c3cc5ccccc5cc3C4(CC)CC)ccc21. The van der Waals surface area contributed by atoms with Gasteiger partial charge in [-0.15, -0.1) is 0 Å². The Morgan fingerprint density at radius 2 is 0.818 bits per heavy atom. The highest BCUT2D eigenvalue weighted by Gasteiger charge is 2.42. The lowest BCUT2D eigenvalue weighted by Gasteiger charge is -2.31. The van der Waals surface area contributed by atoms with E-state index in [4.69, 9.17) is 0 Å². The van der Waals surface area contributed by atoms with Gasteiger partial charge in [-0.05, 0) is 151 Å². The Morgan fingerprint density at radius 1 is 0.345 bits per heavy atom. The first-order valence-electron chi connectivity index (χ1n) is 20.3. The van der Waals surface area contributed by atoms with E-state index in [0.29, 0.717) is 0 Å². The molecule has 0 bridgehead atoms. The first-order valence-corrected chi connectivity index (χ1v) is 20.3. The molecule has 2 aliphatic carbocycles. The molecule has 0 saturated carbocycles. The van der Waals surface area contributed by atoms with Gasteiger partial charge in [-0.3, -0.25) is 0 Å². The van der Waals surface area contributed by atoms with Gasteiger partial charge in [0.25, 0.3) is 0 Å². The van der Waals surface area contributed by atoms with Crippen molar-refractivity contribution in [2.75, 3.05) is 4.90 Å². The molecule has 55 heavy (non-hydrogen) atoms. The molecule has 1 heteroatoms. The van der Waals surface area contributed by atoms with Crippen LogP contribution in [-0.4, -0.2) is 0 Å². The third kappa shape index (κ3) is 4.85. The van der Waals surface area contributed by atoms with Gasteiger partial charge >= 0.3 is 0 Å². The van der Waals surface area contributed by atoms with Crippen molar-refractivity contribution in [3.8, 4) is 33.4 Å². The summed E-state index contributed by atoms with van der Waals surface area (Å²) in [5.74, 6) is 0. The molecule has 0 saturated heterocycles. The van der Waals surface area contributed by atoms with Gasteiger partial charge in [-0.25, -0.2) is 0 Å². The van der Waals surface area contributed by atoms with Crippen LogP contribution in [0.4, 0.5) is 17.1 Å². The fourth-order valence-electron chi connectivity index (χ4n) is 10.6. The Balaban J connectivity index is 1.18. The minimum atomic E-state index is -0.000913. The lowest BCUT2D eigenvalue weighted by molar-refractivity contribution is 0.490. The van der Waals surface area contributed by atoms with Crippen molar-refractivity contribution in [2.45, 2.75) is 64.2 Å². The highest BCUT2D eigenvalue weighted by Crippen LogP contribution is 2.57. The number of rotatable bonds is 8. The van der Waals surface area contributed by atoms with Crippen LogP contribution in [0.1, 0.15) is 75.6 Å². The normalized spacial score (nSPS) is 14.4. The van der Waals surface area contributed by atoms with Gasteiger partial charge in [0.15, 0.2) is 0 Å². The van der Waals surface area contributed by atoms with Gasteiger partial charge in [0.2, 0.25) is 0 Å². The molecule has 0 fully saturated rings. The maximum Gasteiger partial charge on any atom is 0.0468 e. The van der Waals surface area contributed by atoms with E-state index in [0.717, 1.165) is 31.4 Å². The smallest absolute Gasteiger partial charge is 0.0468 e. The van der Waals surface area contributed by atoms with Crippen molar-refractivity contribution in [1.82, 2.24) is 0 Å². The van der Waals surface area contributed by atoms with E-state index in [1.807, 2.05) is 0 Å². The summed E-state index contributed by atoms with van der Waals surface area (Å²) in [7, 11) is 0. The molecule has 8 aromatic carbocycles. The Morgan fingerprint density at radius 3 is 1.49 bits per heavy atom. The third-order valence-electron chi connectivity index (χ3n) is 13.6.